The number of benzene rings is 3. The molecule has 0 aliphatic heterocycles. The molecule has 0 saturated heterocycles. The molecule has 0 aliphatic rings. The summed E-state index contributed by atoms with van der Waals surface area (Å²) in [5.74, 6) is -0.153. The fraction of sp³-hybridized carbons (Fsp3) is 0.400. The van der Waals surface area contributed by atoms with Crippen LogP contribution in [0.1, 0.15) is 79.0 Å². The SMILES string of the molecule is CCOc1cc(C(Cc2ccccc2)(Nc2cc3ccnc(N(C(=O)OC(C)(C)C)C(=O)OC(C)(C)C)c3cc2C)C(=O)O)ccc1OC(C)C. The van der Waals surface area contributed by atoms with E-state index in [0.717, 1.165) is 10.5 Å². The lowest BCUT2D eigenvalue weighted by atomic mass is 9.82. The van der Waals surface area contributed by atoms with E-state index in [-0.39, 0.29) is 18.3 Å². The van der Waals surface area contributed by atoms with Crippen LogP contribution in [0.4, 0.5) is 21.1 Å². The van der Waals surface area contributed by atoms with Crippen LogP contribution in [0.2, 0.25) is 0 Å². The van der Waals surface area contributed by atoms with E-state index in [1.54, 1.807) is 77.9 Å². The second-order valence-electron chi connectivity index (χ2n) is 14.6. The fourth-order valence-corrected chi connectivity index (χ4v) is 5.49. The number of carboxylic acids is 1. The first-order valence-electron chi connectivity index (χ1n) is 17.0. The maximum atomic E-state index is 13.6. The molecule has 272 valence electrons. The largest absolute Gasteiger partial charge is 0.490 e. The van der Waals surface area contributed by atoms with Gasteiger partial charge in [0.15, 0.2) is 22.9 Å². The second kappa shape index (κ2) is 15.3. The third kappa shape index (κ3) is 9.48. The van der Waals surface area contributed by atoms with Crippen LogP contribution in [0, 0.1) is 6.92 Å². The predicted molar refractivity (Wildman–Crippen MR) is 198 cm³/mol. The number of carbonyl (C=O) groups is 3. The van der Waals surface area contributed by atoms with Gasteiger partial charge in [0.05, 0.1) is 12.7 Å². The molecule has 1 atom stereocenters. The fourth-order valence-electron chi connectivity index (χ4n) is 5.49. The Bertz CT molecular complexity index is 1850. The number of anilines is 2. The number of pyridine rings is 1. The van der Waals surface area contributed by atoms with Crippen LogP contribution in [0.15, 0.2) is 72.9 Å². The van der Waals surface area contributed by atoms with Gasteiger partial charge < -0.3 is 29.4 Å². The molecule has 2 N–H and O–H groups in total. The van der Waals surface area contributed by atoms with Crippen LogP contribution >= 0.6 is 0 Å². The van der Waals surface area contributed by atoms with E-state index in [2.05, 4.69) is 10.3 Å². The van der Waals surface area contributed by atoms with Crippen molar-refractivity contribution in [3.63, 3.8) is 0 Å². The normalized spacial score (nSPS) is 12.9. The van der Waals surface area contributed by atoms with Gasteiger partial charge in [-0.15, -0.1) is 0 Å². The monoisotopic (exact) mass is 699 g/mol. The summed E-state index contributed by atoms with van der Waals surface area (Å²) in [7, 11) is 0. The number of aromatic nitrogens is 1. The number of aliphatic carboxylic acids is 1. The summed E-state index contributed by atoms with van der Waals surface area (Å²) >= 11 is 0. The molecule has 0 bridgehead atoms. The van der Waals surface area contributed by atoms with Crippen molar-refractivity contribution in [1.82, 2.24) is 4.98 Å². The highest BCUT2D eigenvalue weighted by atomic mass is 16.6. The number of hydrogen-bond acceptors (Lipinski definition) is 9. The molecule has 11 heteroatoms. The lowest BCUT2D eigenvalue weighted by Gasteiger charge is -2.34. The van der Waals surface area contributed by atoms with Gasteiger partial charge in [-0.25, -0.2) is 19.4 Å². The van der Waals surface area contributed by atoms with Crippen LogP contribution in [0.25, 0.3) is 10.8 Å². The van der Waals surface area contributed by atoms with Crippen molar-refractivity contribution in [2.45, 2.75) is 98.5 Å². The van der Waals surface area contributed by atoms with Crippen molar-refractivity contribution < 1.29 is 38.4 Å². The molecule has 2 amide bonds. The number of nitrogens with zero attached hydrogens (tertiary/aromatic N) is 2. The van der Waals surface area contributed by atoms with Gasteiger partial charge in [0, 0.05) is 23.7 Å². The first kappa shape index (κ1) is 38.5. The summed E-state index contributed by atoms with van der Waals surface area (Å²) in [6.07, 6.45) is -0.459. The van der Waals surface area contributed by atoms with E-state index in [1.165, 1.54) is 6.20 Å². The Morgan fingerprint density at radius 3 is 2.04 bits per heavy atom. The van der Waals surface area contributed by atoms with Gasteiger partial charge in [-0.2, -0.15) is 4.90 Å². The average molecular weight is 700 g/mol. The van der Waals surface area contributed by atoms with Gasteiger partial charge in [0.25, 0.3) is 0 Å². The first-order chi connectivity index (χ1) is 23.8. The molecule has 3 aromatic carbocycles. The van der Waals surface area contributed by atoms with Crippen molar-refractivity contribution in [3.8, 4) is 11.5 Å². The highest BCUT2D eigenvalue weighted by molar-refractivity contribution is 6.14. The van der Waals surface area contributed by atoms with E-state index in [4.69, 9.17) is 18.9 Å². The third-order valence-electron chi connectivity index (χ3n) is 7.58. The van der Waals surface area contributed by atoms with Crippen LogP contribution in [0.5, 0.6) is 11.5 Å². The van der Waals surface area contributed by atoms with Gasteiger partial charge in [-0.3, -0.25) is 0 Å². The number of nitrogens with one attached hydrogen (secondary N) is 1. The molecule has 1 aromatic heterocycles. The Hall–Kier alpha value is -5.32. The minimum Gasteiger partial charge on any atom is -0.490 e. The number of imide groups is 1. The van der Waals surface area contributed by atoms with Gasteiger partial charge >= 0.3 is 18.2 Å². The molecular formula is C40H49N3O8. The topological polar surface area (TPSA) is 137 Å². The molecule has 1 unspecified atom stereocenters. The minimum absolute atomic E-state index is 0.0153. The summed E-state index contributed by atoms with van der Waals surface area (Å²) in [5, 5.41) is 15.5. The van der Waals surface area contributed by atoms with Gasteiger partial charge in [-0.05, 0) is 122 Å². The van der Waals surface area contributed by atoms with Crippen LogP contribution in [0.3, 0.4) is 0 Å². The number of carboxylic acid groups (broad SMARTS) is 1. The van der Waals surface area contributed by atoms with E-state index in [9.17, 15) is 19.5 Å². The van der Waals surface area contributed by atoms with Crippen LogP contribution < -0.4 is 19.7 Å². The quantitative estimate of drug-likeness (QED) is 0.156. The molecule has 0 fully saturated rings. The number of rotatable bonds is 11. The Morgan fingerprint density at radius 2 is 1.49 bits per heavy atom. The summed E-state index contributed by atoms with van der Waals surface area (Å²) in [6.45, 7) is 18.0. The lowest BCUT2D eigenvalue weighted by molar-refractivity contribution is -0.142. The zero-order chi connectivity index (χ0) is 37.7. The summed E-state index contributed by atoms with van der Waals surface area (Å²) in [4.78, 5) is 45.8. The highest BCUT2D eigenvalue weighted by Gasteiger charge is 2.42. The van der Waals surface area contributed by atoms with Gasteiger partial charge in [0.2, 0.25) is 0 Å². The van der Waals surface area contributed by atoms with E-state index >= 15 is 0 Å². The van der Waals surface area contributed by atoms with E-state index < -0.39 is 34.9 Å². The molecule has 0 spiro atoms. The van der Waals surface area contributed by atoms with E-state index in [1.807, 2.05) is 58.0 Å². The molecule has 1 heterocycles. The number of hydrogen-bond donors (Lipinski definition) is 2. The summed E-state index contributed by atoms with van der Waals surface area (Å²) < 4.78 is 23.1. The summed E-state index contributed by atoms with van der Waals surface area (Å²) in [6, 6.07) is 19.8. The molecular weight excluding hydrogens is 650 g/mol. The van der Waals surface area contributed by atoms with Crippen LogP contribution in [-0.4, -0.2) is 52.2 Å². The minimum atomic E-state index is -1.67. The molecule has 11 nitrogen and oxygen atoms in total. The molecule has 0 radical (unpaired) electrons. The number of aryl methyl sites for hydroxylation is 1. The molecule has 51 heavy (non-hydrogen) atoms. The van der Waals surface area contributed by atoms with Crippen LogP contribution in [-0.2, 0) is 26.2 Å². The smallest absolute Gasteiger partial charge is 0.425 e. The number of ether oxygens (including phenoxy) is 4. The van der Waals surface area contributed by atoms with Crippen molar-refractivity contribution in [3.05, 3.63) is 89.6 Å². The molecule has 4 rings (SSSR count). The third-order valence-corrected chi connectivity index (χ3v) is 7.58. The maximum absolute atomic E-state index is 13.6. The highest BCUT2D eigenvalue weighted by Crippen LogP contribution is 2.40. The number of amides is 2. The maximum Gasteiger partial charge on any atom is 0.425 e. The van der Waals surface area contributed by atoms with Crippen molar-refractivity contribution in [2.24, 2.45) is 0 Å². The predicted octanol–water partition coefficient (Wildman–Crippen LogP) is 9.04. The zero-order valence-corrected chi connectivity index (χ0v) is 31.1. The number of fused-ring (bicyclic) bond motifs is 1. The number of carbonyl (C=O) groups excluding carboxylic acids is 2. The van der Waals surface area contributed by atoms with E-state index in [0.29, 0.717) is 45.7 Å². The molecule has 0 aliphatic carbocycles. The standard InChI is InChI=1S/C40H49N3O8/c1-11-48-33-23-29(17-18-32(33)49-25(2)3)40(35(44)45,24-27-15-13-12-14-16-27)42-31-22-28-19-20-41-34(30(28)21-26(31)4)43(36(46)50-38(5,6)7)37(47)51-39(8,9)10/h12-23,25,42H,11,24H2,1-10H3,(H,44,45). The Balaban J connectivity index is 1.91. The molecule has 0 saturated carbocycles. The van der Waals surface area contributed by atoms with Crippen molar-refractivity contribution in [1.29, 1.82) is 0 Å². The average Bonchev–Trinajstić information content (AvgIpc) is 3.01. The zero-order valence-electron chi connectivity index (χ0n) is 31.1. The Morgan fingerprint density at radius 1 is 0.863 bits per heavy atom. The van der Waals surface area contributed by atoms with Crippen molar-refractivity contribution in [2.75, 3.05) is 16.8 Å². The Labute approximate surface area is 299 Å². The second-order valence-corrected chi connectivity index (χ2v) is 14.6. The Kier molecular flexibility index (Phi) is 11.5. The van der Waals surface area contributed by atoms with Gasteiger partial charge in [0.1, 0.15) is 11.2 Å². The first-order valence-corrected chi connectivity index (χ1v) is 17.0. The molecule has 4 aromatic rings. The lowest BCUT2D eigenvalue weighted by Crippen LogP contribution is -2.46. The van der Waals surface area contributed by atoms with Gasteiger partial charge in [-0.1, -0.05) is 36.4 Å². The van der Waals surface area contributed by atoms with Crippen molar-refractivity contribution >= 4 is 40.4 Å². The summed E-state index contributed by atoms with van der Waals surface area (Å²) in [5.41, 5.74) is -1.09.